The molecule has 282 valence electrons. The lowest BCUT2D eigenvalue weighted by Gasteiger charge is -2.32. The second kappa shape index (κ2) is 19.4. The average molecular weight is 728 g/mol. The number of hydrogen-bond donors (Lipinski definition) is 4. The maximum Gasteiger partial charge on any atom is 0.289 e. The summed E-state index contributed by atoms with van der Waals surface area (Å²) in [4.78, 5) is 90.1. The van der Waals surface area contributed by atoms with Crippen LogP contribution in [0.4, 0.5) is 0 Å². The van der Waals surface area contributed by atoms with E-state index in [9.17, 15) is 28.8 Å². The lowest BCUT2D eigenvalue weighted by Crippen LogP contribution is -2.59. The molecule has 1 aliphatic rings. The number of ketones is 1. The second-order valence-corrected chi connectivity index (χ2v) is 13.7. The second-order valence-electron chi connectivity index (χ2n) is 13.7. The maximum atomic E-state index is 14.3. The first-order valence-electron chi connectivity index (χ1n) is 17.9. The summed E-state index contributed by atoms with van der Waals surface area (Å²) in [6.07, 6.45) is 3.80. The molecule has 4 rings (SSSR count). The van der Waals surface area contributed by atoms with Crippen molar-refractivity contribution in [1.29, 1.82) is 0 Å². The summed E-state index contributed by atoms with van der Waals surface area (Å²) in [6, 6.07) is 14.3. The Morgan fingerprint density at radius 3 is 2.06 bits per heavy atom. The van der Waals surface area contributed by atoms with Crippen molar-refractivity contribution in [3.8, 4) is 0 Å². The third kappa shape index (κ3) is 11.2. The van der Waals surface area contributed by atoms with Crippen molar-refractivity contribution in [2.24, 2.45) is 11.8 Å². The van der Waals surface area contributed by atoms with Crippen LogP contribution in [0, 0.1) is 11.8 Å². The maximum absolute atomic E-state index is 14.3. The molecule has 0 unspecified atom stereocenters. The minimum absolute atomic E-state index is 0.0347. The Kier molecular flexibility index (Phi) is 14.7. The molecule has 5 amide bonds. The zero-order valence-electron chi connectivity index (χ0n) is 30.8. The van der Waals surface area contributed by atoms with Crippen molar-refractivity contribution in [3.05, 3.63) is 96.1 Å². The SMILES string of the molecule is CC[C@H](NC(=O)[C@@H]1C[C@@H](OCc2ccccc2)CN1C(=O)[C@H](NC(=O)[C@H](NC(=O)c1cnccn1)C(C)C)C(C)C)C(=O)C(=O)NCc1ccccc1. The number of nitrogens with one attached hydrogen (secondary N) is 4. The van der Waals surface area contributed by atoms with E-state index < -0.39 is 71.5 Å². The number of rotatable bonds is 17. The number of nitrogens with zero attached hydrogens (tertiary/aromatic N) is 3. The van der Waals surface area contributed by atoms with Crippen LogP contribution in [-0.4, -0.2) is 87.0 Å². The van der Waals surface area contributed by atoms with E-state index in [1.165, 1.54) is 23.5 Å². The Bertz CT molecular complexity index is 1710. The van der Waals surface area contributed by atoms with Crippen LogP contribution in [0.15, 0.2) is 79.3 Å². The summed E-state index contributed by atoms with van der Waals surface area (Å²) in [7, 11) is 0. The van der Waals surface area contributed by atoms with E-state index in [4.69, 9.17) is 4.74 Å². The van der Waals surface area contributed by atoms with Crippen LogP contribution < -0.4 is 21.3 Å². The summed E-state index contributed by atoms with van der Waals surface area (Å²) < 4.78 is 6.17. The third-order valence-corrected chi connectivity index (χ3v) is 9.00. The first-order chi connectivity index (χ1) is 25.4. The average Bonchev–Trinajstić information content (AvgIpc) is 3.61. The van der Waals surface area contributed by atoms with Gasteiger partial charge in [0.05, 0.1) is 24.9 Å². The molecule has 14 nitrogen and oxygen atoms in total. The van der Waals surface area contributed by atoms with Gasteiger partial charge in [0, 0.05) is 31.9 Å². The van der Waals surface area contributed by atoms with E-state index >= 15 is 0 Å². The molecule has 2 aromatic carbocycles. The van der Waals surface area contributed by atoms with Crippen LogP contribution in [-0.2, 0) is 41.9 Å². The van der Waals surface area contributed by atoms with Gasteiger partial charge in [0.2, 0.25) is 23.5 Å². The highest BCUT2D eigenvalue weighted by Crippen LogP contribution is 2.25. The quantitative estimate of drug-likeness (QED) is 0.151. The highest BCUT2D eigenvalue weighted by molar-refractivity contribution is 6.38. The molecule has 0 saturated carbocycles. The minimum Gasteiger partial charge on any atom is -0.372 e. The largest absolute Gasteiger partial charge is 0.372 e. The number of hydrogen-bond acceptors (Lipinski definition) is 9. The molecule has 14 heteroatoms. The molecule has 0 aliphatic carbocycles. The lowest BCUT2D eigenvalue weighted by molar-refractivity contribution is -0.144. The van der Waals surface area contributed by atoms with Gasteiger partial charge in [-0.15, -0.1) is 0 Å². The summed E-state index contributed by atoms with van der Waals surface area (Å²) in [5, 5.41) is 10.8. The van der Waals surface area contributed by atoms with Crippen LogP contribution >= 0.6 is 0 Å². The molecule has 53 heavy (non-hydrogen) atoms. The van der Waals surface area contributed by atoms with Crippen molar-refractivity contribution >= 4 is 35.3 Å². The zero-order chi connectivity index (χ0) is 38.5. The van der Waals surface area contributed by atoms with Gasteiger partial charge in [-0.3, -0.25) is 33.8 Å². The Morgan fingerprint density at radius 1 is 0.830 bits per heavy atom. The van der Waals surface area contributed by atoms with E-state index in [0.29, 0.717) is 0 Å². The first kappa shape index (κ1) is 40.3. The van der Waals surface area contributed by atoms with Gasteiger partial charge < -0.3 is 30.9 Å². The fourth-order valence-electron chi connectivity index (χ4n) is 5.94. The van der Waals surface area contributed by atoms with Crippen LogP contribution in [0.5, 0.6) is 0 Å². The van der Waals surface area contributed by atoms with Gasteiger partial charge in [0.1, 0.15) is 23.8 Å². The predicted octanol–water partition coefficient (Wildman–Crippen LogP) is 2.34. The lowest BCUT2D eigenvalue weighted by atomic mass is 9.98. The zero-order valence-corrected chi connectivity index (χ0v) is 30.8. The number of aromatic nitrogens is 2. The van der Waals surface area contributed by atoms with E-state index in [-0.39, 0.29) is 44.1 Å². The molecule has 5 atom stereocenters. The number of likely N-dealkylation sites (tertiary alicyclic amines) is 1. The molecule has 1 aliphatic heterocycles. The monoisotopic (exact) mass is 727 g/mol. The van der Waals surface area contributed by atoms with Crippen molar-refractivity contribution < 1.29 is 33.5 Å². The topological polar surface area (TPSA) is 189 Å². The molecule has 2 heterocycles. The molecule has 0 radical (unpaired) electrons. The highest BCUT2D eigenvalue weighted by atomic mass is 16.5. The van der Waals surface area contributed by atoms with Crippen LogP contribution in [0.1, 0.15) is 69.1 Å². The van der Waals surface area contributed by atoms with Crippen molar-refractivity contribution in [2.45, 2.75) is 90.9 Å². The predicted molar refractivity (Wildman–Crippen MR) is 196 cm³/mol. The van der Waals surface area contributed by atoms with Crippen molar-refractivity contribution in [2.75, 3.05) is 6.54 Å². The normalized spacial score (nSPS) is 17.1. The Balaban J connectivity index is 1.50. The fourth-order valence-corrected chi connectivity index (χ4v) is 5.94. The number of carbonyl (C=O) groups is 6. The Labute approximate surface area is 309 Å². The number of carbonyl (C=O) groups excluding carboxylic acids is 6. The number of Topliss-reactive ketones (excluding diaryl/α,β-unsaturated/α-hetero) is 1. The molecule has 1 aromatic heterocycles. The van der Waals surface area contributed by atoms with Crippen molar-refractivity contribution in [1.82, 2.24) is 36.1 Å². The highest BCUT2D eigenvalue weighted by Gasteiger charge is 2.44. The molecule has 1 saturated heterocycles. The van der Waals surface area contributed by atoms with Crippen LogP contribution in [0.25, 0.3) is 0 Å². The van der Waals surface area contributed by atoms with Crippen LogP contribution in [0.3, 0.4) is 0 Å². The van der Waals surface area contributed by atoms with Crippen molar-refractivity contribution in [3.63, 3.8) is 0 Å². The van der Waals surface area contributed by atoms with Gasteiger partial charge in [-0.1, -0.05) is 95.3 Å². The van der Waals surface area contributed by atoms with Crippen LogP contribution in [0.2, 0.25) is 0 Å². The van der Waals surface area contributed by atoms with Gasteiger partial charge in [-0.2, -0.15) is 0 Å². The summed E-state index contributed by atoms with van der Waals surface area (Å²) in [5.41, 5.74) is 1.76. The van der Waals surface area contributed by atoms with Gasteiger partial charge in [-0.05, 0) is 29.4 Å². The van der Waals surface area contributed by atoms with Gasteiger partial charge in [0.15, 0.2) is 0 Å². The fraction of sp³-hybridized carbons (Fsp3) is 0.436. The van der Waals surface area contributed by atoms with Gasteiger partial charge >= 0.3 is 0 Å². The molecule has 4 N–H and O–H groups in total. The number of amides is 5. The van der Waals surface area contributed by atoms with E-state index in [1.807, 2.05) is 60.7 Å². The molecule has 1 fully saturated rings. The standard InChI is InChI=1S/C39H49N7O7/c1-6-29(34(47)38(51)42-20-26-13-9-7-10-14-26)43-36(49)31-19-28(53-23-27-15-11-8-12-16-27)22-46(31)39(52)33(25(4)5)45-37(50)32(24(2)3)44-35(48)30-21-40-17-18-41-30/h7-18,21,24-25,28-29,31-33H,6,19-20,22-23H2,1-5H3,(H,42,51)(H,43,49)(H,44,48)(H,45,50)/t28-,29+,31+,32-,33-/m1/s1. The van der Waals surface area contributed by atoms with E-state index in [2.05, 4.69) is 31.2 Å². The van der Waals surface area contributed by atoms with E-state index in [1.54, 1.807) is 34.6 Å². The Hall–Kier alpha value is -5.50. The summed E-state index contributed by atoms with van der Waals surface area (Å²) in [5.74, 6) is -4.73. The van der Waals surface area contributed by atoms with Gasteiger partial charge in [0.25, 0.3) is 11.8 Å². The van der Waals surface area contributed by atoms with E-state index in [0.717, 1.165) is 11.1 Å². The molecular weight excluding hydrogens is 678 g/mol. The molecular formula is C39H49N7O7. The summed E-state index contributed by atoms with van der Waals surface area (Å²) in [6.45, 7) is 9.15. The molecule has 3 aromatic rings. The Morgan fingerprint density at radius 2 is 1.47 bits per heavy atom. The summed E-state index contributed by atoms with van der Waals surface area (Å²) >= 11 is 0. The minimum atomic E-state index is -1.13. The third-order valence-electron chi connectivity index (χ3n) is 9.00. The number of benzene rings is 2. The number of ether oxygens (including phenoxy) is 1. The smallest absolute Gasteiger partial charge is 0.289 e. The van der Waals surface area contributed by atoms with Gasteiger partial charge in [-0.25, -0.2) is 4.98 Å². The first-order valence-corrected chi connectivity index (χ1v) is 17.9. The molecule has 0 bridgehead atoms. The molecule has 0 spiro atoms.